The van der Waals surface area contributed by atoms with E-state index in [1.165, 1.54) is 6.20 Å². The molecule has 0 bridgehead atoms. The van der Waals surface area contributed by atoms with Crippen molar-refractivity contribution in [3.8, 4) is 0 Å². The Kier molecular flexibility index (Phi) is 5.08. The third kappa shape index (κ3) is 4.09. The summed E-state index contributed by atoms with van der Waals surface area (Å²) in [6.07, 6.45) is 1.50. The van der Waals surface area contributed by atoms with Gasteiger partial charge in [0.1, 0.15) is 4.90 Å². The van der Waals surface area contributed by atoms with Gasteiger partial charge >= 0.3 is 0 Å². The summed E-state index contributed by atoms with van der Waals surface area (Å²) in [6, 6.07) is 6.98. The summed E-state index contributed by atoms with van der Waals surface area (Å²) in [5.41, 5.74) is 2.41. The van der Waals surface area contributed by atoms with Crippen LogP contribution in [0.1, 0.15) is 18.2 Å². The Balaban J connectivity index is 2.17. The molecule has 1 aromatic carbocycles. The van der Waals surface area contributed by atoms with Crippen molar-refractivity contribution in [2.75, 3.05) is 11.3 Å². The van der Waals surface area contributed by atoms with Gasteiger partial charge in [0.05, 0.1) is 0 Å². The van der Waals surface area contributed by atoms with Gasteiger partial charge in [0.15, 0.2) is 0 Å². The Labute approximate surface area is 133 Å². The van der Waals surface area contributed by atoms with Crippen molar-refractivity contribution in [1.82, 2.24) is 10.3 Å². The van der Waals surface area contributed by atoms with Crippen LogP contribution in [0.4, 0.5) is 5.69 Å². The smallest absolute Gasteiger partial charge is 0.263 e. The number of hydrogen-bond donors (Lipinski definition) is 3. The number of nitrogens with one attached hydrogen (secondary N) is 3. The molecule has 2 aromatic rings. The van der Waals surface area contributed by atoms with Crippen LogP contribution in [0.5, 0.6) is 0 Å². The monoisotopic (exact) mass is 371 g/mol. The fourth-order valence-electron chi connectivity index (χ4n) is 1.81. The van der Waals surface area contributed by atoms with E-state index >= 15 is 0 Å². The van der Waals surface area contributed by atoms with Crippen LogP contribution >= 0.6 is 15.9 Å². The number of hydrogen-bond acceptors (Lipinski definition) is 3. The largest absolute Gasteiger partial charge is 0.363 e. The number of halogens is 1. The molecular formula is C14H18BrN3O2S. The minimum absolute atomic E-state index is 0.229. The molecule has 0 radical (unpaired) electrons. The molecule has 2 rings (SSSR count). The molecule has 0 unspecified atom stereocenters. The van der Waals surface area contributed by atoms with Crippen LogP contribution in [0, 0.1) is 6.92 Å². The minimum Gasteiger partial charge on any atom is -0.363 e. The maximum Gasteiger partial charge on any atom is 0.263 e. The average molecular weight is 372 g/mol. The summed E-state index contributed by atoms with van der Waals surface area (Å²) >= 11 is 3.39. The van der Waals surface area contributed by atoms with E-state index in [9.17, 15) is 8.42 Å². The van der Waals surface area contributed by atoms with Crippen LogP contribution in [-0.4, -0.2) is 19.9 Å². The number of sulfonamides is 1. The zero-order chi connectivity index (χ0) is 15.5. The molecule has 0 amide bonds. The second-order valence-corrected chi connectivity index (χ2v) is 7.25. The summed E-state index contributed by atoms with van der Waals surface area (Å²) in [4.78, 5) is 3.19. The van der Waals surface area contributed by atoms with E-state index in [-0.39, 0.29) is 4.90 Å². The maximum atomic E-state index is 12.3. The van der Waals surface area contributed by atoms with Crippen molar-refractivity contribution in [2.24, 2.45) is 0 Å². The Morgan fingerprint density at radius 3 is 2.71 bits per heavy atom. The van der Waals surface area contributed by atoms with Gasteiger partial charge in [-0.2, -0.15) is 0 Å². The predicted molar refractivity (Wildman–Crippen MR) is 87.9 cm³/mol. The van der Waals surface area contributed by atoms with Gasteiger partial charge in [-0.15, -0.1) is 0 Å². The van der Waals surface area contributed by atoms with E-state index in [1.807, 2.05) is 19.9 Å². The summed E-state index contributed by atoms with van der Waals surface area (Å²) in [5.74, 6) is 0. The number of H-pyrrole nitrogens is 1. The molecule has 0 saturated carbocycles. The summed E-state index contributed by atoms with van der Waals surface area (Å²) in [7, 11) is -3.58. The molecule has 21 heavy (non-hydrogen) atoms. The van der Waals surface area contributed by atoms with Crippen LogP contribution in [0.3, 0.4) is 0 Å². The number of aromatic nitrogens is 1. The highest BCUT2D eigenvalue weighted by molar-refractivity contribution is 9.10. The van der Waals surface area contributed by atoms with Gasteiger partial charge in [0.2, 0.25) is 0 Å². The van der Waals surface area contributed by atoms with E-state index in [0.717, 1.165) is 22.3 Å². The Hall–Kier alpha value is -1.31. The van der Waals surface area contributed by atoms with E-state index < -0.39 is 10.0 Å². The molecule has 0 fully saturated rings. The van der Waals surface area contributed by atoms with E-state index in [4.69, 9.17) is 0 Å². The molecule has 114 valence electrons. The summed E-state index contributed by atoms with van der Waals surface area (Å²) < 4.78 is 28.1. The van der Waals surface area contributed by atoms with Crippen molar-refractivity contribution in [3.63, 3.8) is 0 Å². The van der Waals surface area contributed by atoms with Crippen molar-refractivity contribution in [1.29, 1.82) is 0 Å². The topological polar surface area (TPSA) is 74.0 Å². The molecule has 0 spiro atoms. The molecule has 1 heterocycles. The van der Waals surface area contributed by atoms with Gasteiger partial charge < -0.3 is 10.3 Å². The fourth-order valence-corrected chi connectivity index (χ4v) is 3.25. The zero-order valence-corrected chi connectivity index (χ0v) is 14.3. The van der Waals surface area contributed by atoms with Crippen molar-refractivity contribution in [3.05, 3.63) is 46.2 Å². The van der Waals surface area contributed by atoms with Gasteiger partial charge in [-0.25, -0.2) is 8.42 Å². The Morgan fingerprint density at radius 2 is 2.05 bits per heavy atom. The van der Waals surface area contributed by atoms with Crippen molar-refractivity contribution >= 4 is 31.6 Å². The SMILES string of the molecule is CCNCc1cc(S(=O)(=O)Nc2ccc(C)c(Br)c2)c[nH]1. The van der Waals surface area contributed by atoms with Gasteiger partial charge in [-0.1, -0.05) is 28.9 Å². The molecule has 0 aliphatic heterocycles. The highest BCUT2D eigenvalue weighted by atomic mass is 79.9. The highest BCUT2D eigenvalue weighted by Crippen LogP contribution is 2.23. The number of aryl methyl sites for hydroxylation is 1. The molecule has 0 atom stereocenters. The first-order valence-electron chi connectivity index (χ1n) is 6.59. The predicted octanol–water partition coefficient (Wildman–Crippen LogP) is 3.00. The molecule has 0 saturated heterocycles. The first-order chi connectivity index (χ1) is 9.92. The van der Waals surface area contributed by atoms with Crippen molar-refractivity contribution in [2.45, 2.75) is 25.3 Å². The second-order valence-electron chi connectivity index (χ2n) is 4.71. The lowest BCUT2D eigenvalue weighted by Gasteiger charge is -2.08. The fraction of sp³-hybridized carbons (Fsp3) is 0.286. The highest BCUT2D eigenvalue weighted by Gasteiger charge is 2.16. The van der Waals surface area contributed by atoms with Gasteiger partial charge in [-0.05, 0) is 37.2 Å². The van der Waals surface area contributed by atoms with Crippen LogP contribution in [-0.2, 0) is 16.6 Å². The number of benzene rings is 1. The normalized spacial score (nSPS) is 11.6. The number of rotatable bonds is 6. The van der Waals surface area contributed by atoms with E-state index in [2.05, 4.69) is 31.0 Å². The molecule has 1 aromatic heterocycles. The first-order valence-corrected chi connectivity index (χ1v) is 8.87. The molecule has 5 nitrogen and oxygen atoms in total. The molecular weight excluding hydrogens is 354 g/mol. The standard InChI is InChI=1S/C14H18BrN3O2S/c1-3-16-8-12-6-13(9-17-12)21(19,20)18-11-5-4-10(2)14(15)7-11/h4-7,9,16-18H,3,8H2,1-2H3. The lowest BCUT2D eigenvalue weighted by molar-refractivity contribution is 0.601. The third-order valence-corrected chi connectivity index (χ3v) is 5.23. The quantitative estimate of drug-likeness (QED) is 0.730. The Morgan fingerprint density at radius 1 is 1.29 bits per heavy atom. The van der Waals surface area contributed by atoms with Crippen LogP contribution in [0.15, 0.2) is 39.8 Å². The van der Waals surface area contributed by atoms with Crippen LogP contribution in [0.25, 0.3) is 0 Å². The summed E-state index contributed by atoms with van der Waals surface area (Å²) in [6.45, 7) is 5.39. The molecule has 3 N–H and O–H groups in total. The third-order valence-electron chi connectivity index (χ3n) is 3.02. The molecule has 0 aliphatic rings. The Bertz CT molecular complexity index is 726. The van der Waals surface area contributed by atoms with Crippen LogP contribution < -0.4 is 10.0 Å². The van der Waals surface area contributed by atoms with E-state index in [1.54, 1.807) is 18.2 Å². The van der Waals surface area contributed by atoms with Gasteiger partial charge in [-0.3, -0.25) is 4.72 Å². The average Bonchev–Trinajstić information content (AvgIpc) is 2.90. The second kappa shape index (κ2) is 6.64. The number of aromatic amines is 1. The first kappa shape index (κ1) is 16.1. The lowest BCUT2D eigenvalue weighted by atomic mass is 10.2. The number of anilines is 1. The van der Waals surface area contributed by atoms with Crippen LogP contribution in [0.2, 0.25) is 0 Å². The maximum absolute atomic E-state index is 12.3. The van der Waals surface area contributed by atoms with E-state index in [0.29, 0.717) is 12.2 Å². The summed E-state index contributed by atoms with van der Waals surface area (Å²) in [5, 5.41) is 3.14. The van der Waals surface area contributed by atoms with Gasteiger partial charge in [0.25, 0.3) is 10.0 Å². The van der Waals surface area contributed by atoms with Gasteiger partial charge in [0, 0.05) is 28.6 Å². The lowest BCUT2D eigenvalue weighted by Crippen LogP contribution is -2.13. The molecule has 0 aliphatic carbocycles. The minimum atomic E-state index is -3.58. The van der Waals surface area contributed by atoms with Crippen molar-refractivity contribution < 1.29 is 8.42 Å². The molecule has 7 heteroatoms. The zero-order valence-electron chi connectivity index (χ0n) is 11.9.